The number of nitrogens with zero attached hydrogens (tertiary/aromatic N) is 1. The molecule has 0 saturated carbocycles. The van der Waals surface area contributed by atoms with Crippen LogP contribution in [0.2, 0.25) is 5.02 Å². The molecule has 0 aliphatic carbocycles. The number of hydrogen-bond acceptors (Lipinski definition) is 5. The van der Waals surface area contributed by atoms with E-state index in [4.69, 9.17) is 21.1 Å². The van der Waals surface area contributed by atoms with Gasteiger partial charge in [0.15, 0.2) is 0 Å². The molecule has 0 unspecified atom stereocenters. The highest BCUT2D eigenvalue weighted by molar-refractivity contribution is 6.33. The van der Waals surface area contributed by atoms with Crippen molar-refractivity contribution in [2.75, 3.05) is 23.9 Å². The summed E-state index contributed by atoms with van der Waals surface area (Å²) in [5.41, 5.74) is 2.77. The van der Waals surface area contributed by atoms with Crippen LogP contribution in [0.15, 0.2) is 24.4 Å². The standard InChI is InChI=1S/C21H28ClN3O4/c1-7-28-19(26)18-17(13(2)11-23-18)24-12-14-8-9-15(22)16(10-14)25(6)20(27)29-21(3,4)5/h8-11,23-24H,7,12H2,1-6H3. The van der Waals surface area contributed by atoms with Crippen molar-refractivity contribution in [2.45, 2.75) is 46.8 Å². The van der Waals surface area contributed by atoms with Gasteiger partial charge in [-0.1, -0.05) is 17.7 Å². The van der Waals surface area contributed by atoms with Crippen LogP contribution in [0.3, 0.4) is 0 Å². The maximum absolute atomic E-state index is 12.4. The Morgan fingerprint density at radius 2 is 1.97 bits per heavy atom. The van der Waals surface area contributed by atoms with Gasteiger partial charge in [-0.3, -0.25) is 4.90 Å². The van der Waals surface area contributed by atoms with Crippen molar-refractivity contribution in [3.63, 3.8) is 0 Å². The van der Waals surface area contributed by atoms with E-state index in [2.05, 4.69) is 10.3 Å². The molecule has 1 amide bonds. The van der Waals surface area contributed by atoms with Crippen LogP contribution in [-0.4, -0.2) is 36.3 Å². The minimum Gasteiger partial charge on any atom is -0.461 e. The lowest BCUT2D eigenvalue weighted by Crippen LogP contribution is -2.34. The van der Waals surface area contributed by atoms with Gasteiger partial charge in [-0.2, -0.15) is 0 Å². The minimum absolute atomic E-state index is 0.299. The third-order valence-electron chi connectivity index (χ3n) is 4.07. The van der Waals surface area contributed by atoms with Crippen LogP contribution >= 0.6 is 11.6 Å². The third-order valence-corrected chi connectivity index (χ3v) is 4.39. The van der Waals surface area contributed by atoms with Crippen molar-refractivity contribution >= 4 is 35.0 Å². The molecule has 0 radical (unpaired) electrons. The van der Waals surface area contributed by atoms with Crippen LogP contribution in [0.4, 0.5) is 16.2 Å². The molecule has 0 bridgehead atoms. The Morgan fingerprint density at radius 3 is 2.59 bits per heavy atom. The second kappa shape index (κ2) is 9.22. The Kier molecular flexibility index (Phi) is 7.19. The lowest BCUT2D eigenvalue weighted by molar-refractivity contribution is 0.0520. The number of nitrogens with one attached hydrogen (secondary N) is 2. The van der Waals surface area contributed by atoms with Gasteiger partial charge in [0, 0.05) is 19.8 Å². The molecule has 0 atom stereocenters. The van der Waals surface area contributed by atoms with Gasteiger partial charge in [-0.15, -0.1) is 0 Å². The predicted molar refractivity (Wildman–Crippen MR) is 115 cm³/mol. The zero-order chi connectivity index (χ0) is 21.8. The number of aromatic nitrogens is 1. The van der Waals surface area contributed by atoms with Crippen molar-refractivity contribution in [1.82, 2.24) is 4.98 Å². The van der Waals surface area contributed by atoms with Crippen LogP contribution < -0.4 is 10.2 Å². The summed E-state index contributed by atoms with van der Waals surface area (Å²) in [5.74, 6) is -0.412. The Balaban J connectivity index is 2.18. The van der Waals surface area contributed by atoms with E-state index in [0.717, 1.165) is 11.1 Å². The van der Waals surface area contributed by atoms with E-state index < -0.39 is 17.7 Å². The maximum Gasteiger partial charge on any atom is 0.414 e. The number of H-pyrrole nitrogens is 1. The van der Waals surface area contributed by atoms with E-state index in [9.17, 15) is 9.59 Å². The Hall–Kier alpha value is -2.67. The molecule has 8 heteroatoms. The highest BCUT2D eigenvalue weighted by Crippen LogP contribution is 2.28. The molecular formula is C21H28ClN3O4. The summed E-state index contributed by atoms with van der Waals surface area (Å²) >= 11 is 6.30. The van der Waals surface area contributed by atoms with Crippen molar-refractivity contribution in [1.29, 1.82) is 0 Å². The lowest BCUT2D eigenvalue weighted by atomic mass is 10.1. The normalized spacial score (nSPS) is 11.1. The van der Waals surface area contributed by atoms with E-state index >= 15 is 0 Å². The number of aromatic amines is 1. The molecule has 2 aromatic rings. The number of halogens is 1. The number of rotatable bonds is 6. The molecule has 7 nitrogen and oxygen atoms in total. The predicted octanol–water partition coefficient (Wildman–Crippen LogP) is 5.14. The van der Waals surface area contributed by atoms with Crippen LogP contribution in [0.5, 0.6) is 0 Å². The van der Waals surface area contributed by atoms with E-state index in [-0.39, 0.29) is 0 Å². The van der Waals surface area contributed by atoms with Crippen molar-refractivity contribution in [3.8, 4) is 0 Å². The number of ether oxygens (including phenoxy) is 2. The number of carbonyl (C=O) groups excluding carboxylic acids is 2. The number of carbonyl (C=O) groups is 2. The molecule has 0 spiro atoms. The van der Waals surface area contributed by atoms with E-state index in [1.54, 1.807) is 47.0 Å². The van der Waals surface area contributed by atoms with Crippen LogP contribution in [0.25, 0.3) is 0 Å². The average molecular weight is 422 g/mol. The first-order valence-electron chi connectivity index (χ1n) is 9.37. The van der Waals surface area contributed by atoms with Crippen LogP contribution in [-0.2, 0) is 16.0 Å². The van der Waals surface area contributed by atoms with Gasteiger partial charge >= 0.3 is 12.1 Å². The van der Waals surface area contributed by atoms with E-state index in [0.29, 0.717) is 35.2 Å². The third kappa shape index (κ3) is 5.90. The summed E-state index contributed by atoms with van der Waals surface area (Å²) in [6.07, 6.45) is 1.26. The first-order chi connectivity index (χ1) is 13.5. The number of anilines is 2. The Labute approximate surface area is 176 Å². The zero-order valence-corrected chi connectivity index (χ0v) is 18.4. The number of hydrogen-bond donors (Lipinski definition) is 2. The summed E-state index contributed by atoms with van der Waals surface area (Å²) in [5, 5.41) is 3.70. The fourth-order valence-electron chi connectivity index (χ4n) is 2.66. The molecule has 2 N–H and O–H groups in total. The molecular weight excluding hydrogens is 394 g/mol. The minimum atomic E-state index is -0.605. The highest BCUT2D eigenvalue weighted by atomic mass is 35.5. The molecule has 1 aromatic carbocycles. The van der Waals surface area contributed by atoms with E-state index in [1.165, 1.54) is 4.90 Å². The number of esters is 1. The van der Waals surface area contributed by atoms with Gasteiger partial charge in [0.1, 0.15) is 11.3 Å². The molecule has 1 heterocycles. The van der Waals surface area contributed by atoms with Gasteiger partial charge in [-0.25, -0.2) is 9.59 Å². The Morgan fingerprint density at radius 1 is 1.28 bits per heavy atom. The summed E-state index contributed by atoms with van der Waals surface area (Å²) in [7, 11) is 1.61. The second-order valence-electron chi connectivity index (χ2n) is 7.62. The van der Waals surface area contributed by atoms with Gasteiger partial charge in [-0.05, 0) is 57.9 Å². The summed E-state index contributed by atoms with van der Waals surface area (Å²) in [4.78, 5) is 28.8. The highest BCUT2D eigenvalue weighted by Gasteiger charge is 2.22. The van der Waals surface area contributed by atoms with Gasteiger partial charge in [0.25, 0.3) is 0 Å². The number of aryl methyl sites for hydroxylation is 1. The first kappa shape index (κ1) is 22.6. The molecule has 1 aromatic heterocycles. The van der Waals surface area contributed by atoms with Gasteiger partial charge in [0.2, 0.25) is 0 Å². The molecule has 29 heavy (non-hydrogen) atoms. The lowest BCUT2D eigenvalue weighted by Gasteiger charge is -2.25. The quantitative estimate of drug-likeness (QED) is 0.631. The summed E-state index contributed by atoms with van der Waals surface area (Å²) in [6, 6.07) is 5.39. The van der Waals surface area contributed by atoms with E-state index in [1.807, 2.05) is 19.1 Å². The monoisotopic (exact) mass is 421 g/mol. The molecule has 158 valence electrons. The fraction of sp³-hybridized carbons (Fsp3) is 0.429. The SMILES string of the molecule is CCOC(=O)c1[nH]cc(C)c1NCc1ccc(Cl)c(N(C)C(=O)OC(C)(C)C)c1. The van der Waals surface area contributed by atoms with Crippen LogP contribution in [0.1, 0.15) is 49.3 Å². The summed E-state index contributed by atoms with van der Waals surface area (Å²) in [6.45, 7) is 9.80. The fourth-order valence-corrected chi connectivity index (χ4v) is 2.90. The molecule has 0 aliphatic rings. The molecule has 0 aliphatic heterocycles. The van der Waals surface area contributed by atoms with Crippen LogP contribution in [0, 0.1) is 6.92 Å². The second-order valence-corrected chi connectivity index (χ2v) is 8.03. The molecule has 2 rings (SSSR count). The smallest absolute Gasteiger partial charge is 0.414 e. The maximum atomic E-state index is 12.4. The average Bonchev–Trinajstić information content (AvgIpc) is 3.00. The molecule has 0 fully saturated rings. The van der Waals surface area contributed by atoms with Crippen molar-refractivity contribution in [2.24, 2.45) is 0 Å². The topological polar surface area (TPSA) is 83.7 Å². The molecule has 0 saturated heterocycles. The number of amides is 1. The van der Waals surface area contributed by atoms with Gasteiger partial charge in [0.05, 0.1) is 23.0 Å². The number of benzene rings is 1. The van der Waals surface area contributed by atoms with Crippen molar-refractivity contribution < 1.29 is 19.1 Å². The zero-order valence-electron chi connectivity index (χ0n) is 17.7. The van der Waals surface area contributed by atoms with Gasteiger partial charge < -0.3 is 19.8 Å². The van der Waals surface area contributed by atoms with Crippen molar-refractivity contribution in [3.05, 3.63) is 46.2 Å². The largest absolute Gasteiger partial charge is 0.461 e. The Bertz CT molecular complexity index is 887. The first-order valence-corrected chi connectivity index (χ1v) is 9.75. The summed E-state index contributed by atoms with van der Waals surface area (Å²) < 4.78 is 10.5.